The van der Waals surface area contributed by atoms with E-state index in [2.05, 4.69) is 5.10 Å². The van der Waals surface area contributed by atoms with Crippen molar-refractivity contribution in [3.05, 3.63) is 46.8 Å². The molecule has 34 heavy (non-hydrogen) atoms. The van der Waals surface area contributed by atoms with Gasteiger partial charge in [-0.3, -0.25) is 9.48 Å². The molecule has 3 rings (SSSR count). The summed E-state index contributed by atoms with van der Waals surface area (Å²) in [7, 11) is -3.42. The van der Waals surface area contributed by atoms with E-state index in [9.17, 15) is 35.2 Å². The van der Waals surface area contributed by atoms with E-state index >= 15 is 0 Å². The van der Waals surface area contributed by atoms with Crippen molar-refractivity contribution in [3.63, 3.8) is 0 Å². The number of alkyl halides is 5. The Morgan fingerprint density at radius 2 is 1.85 bits per heavy atom. The molecule has 0 amide bonds. The fourth-order valence-electron chi connectivity index (χ4n) is 3.94. The van der Waals surface area contributed by atoms with Gasteiger partial charge in [-0.25, -0.2) is 17.2 Å². The summed E-state index contributed by atoms with van der Waals surface area (Å²) in [5.41, 5.74) is -1.43. The van der Waals surface area contributed by atoms with Gasteiger partial charge in [0, 0.05) is 30.8 Å². The van der Waals surface area contributed by atoms with E-state index in [4.69, 9.17) is 4.74 Å². The number of carbonyl (C=O) groups is 1. The number of sulfonamides is 1. The fraction of sp³-hybridized carbons (Fsp3) is 0.524. The van der Waals surface area contributed by atoms with E-state index in [1.54, 1.807) is 6.92 Å². The van der Waals surface area contributed by atoms with Crippen molar-refractivity contribution in [2.24, 2.45) is 0 Å². The Morgan fingerprint density at radius 3 is 2.44 bits per heavy atom. The lowest BCUT2D eigenvalue weighted by Crippen LogP contribution is -2.34. The van der Waals surface area contributed by atoms with Crippen molar-refractivity contribution < 1.29 is 39.9 Å². The monoisotopic (exact) mass is 509 g/mol. The number of ether oxygens (including phenoxy) is 1. The maximum absolute atomic E-state index is 13.9. The lowest BCUT2D eigenvalue weighted by Gasteiger charge is -2.31. The van der Waals surface area contributed by atoms with Crippen LogP contribution in [0.5, 0.6) is 0 Å². The summed E-state index contributed by atoms with van der Waals surface area (Å²) in [6, 6.07) is 0.367. The van der Waals surface area contributed by atoms with Gasteiger partial charge in [0.1, 0.15) is 6.54 Å². The first-order valence-corrected chi connectivity index (χ1v) is 11.9. The van der Waals surface area contributed by atoms with Gasteiger partial charge in [-0.05, 0) is 44.4 Å². The second-order valence-electron chi connectivity index (χ2n) is 8.07. The molecule has 1 aliphatic rings. The first kappa shape index (κ1) is 26.1. The molecule has 0 saturated carbocycles. The quantitative estimate of drug-likeness (QED) is 0.411. The smallest absolute Gasteiger partial charge is 0.416 e. The van der Waals surface area contributed by atoms with Gasteiger partial charge in [0.2, 0.25) is 10.0 Å². The highest BCUT2D eigenvalue weighted by Crippen LogP contribution is 2.40. The number of benzene rings is 1. The van der Waals surface area contributed by atoms with Gasteiger partial charge >= 0.3 is 12.1 Å². The minimum absolute atomic E-state index is 0.172. The molecule has 0 N–H and O–H groups in total. The molecule has 0 aliphatic heterocycles. The largest absolute Gasteiger partial charge is 0.465 e. The van der Waals surface area contributed by atoms with Crippen LogP contribution in [0.15, 0.2) is 29.3 Å². The van der Waals surface area contributed by atoms with Crippen LogP contribution in [0.4, 0.5) is 22.0 Å². The van der Waals surface area contributed by atoms with Crippen molar-refractivity contribution in [1.82, 2.24) is 14.1 Å². The van der Waals surface area contributed by atoms with Crippen LogP contribution >= 0.6 is 0 Å². The Kier molecular flexibility index (Phi) is 7.09. The van der Waals surface area contributed by atoms with Gasteiger partial charge < -0.3 is 4.74 Å². The van der Waals surface area contributed by atoms with Crippen LogP contribution in [0, 0.1) is 0 Å². The number of hydrogen-bond acceptors (Lipinski definition) is 5. The molecule has 1 aromatic carbocycles. The van der Waals surface area contributed by atoms with Gasteiger partial charge in [-0.2, -0.15) is 22.6 Å². The molecule has 0 radical (unpaired) electrons. The van der Waals surface area contributed by atoms with Crippen molar-refractivity contribution >= 4 is 16.0 Å². The van der Waals surface area contributed by atoms with E-state index in [0.29, 0.717) is 49.6 Å². The standard InChI is InChI=1S/C21H24F5N3O4S/c1-4-33-19(30)12-29-18-7-5-6-17(16(18)11-27-29)28(3)34(31,32)15-9-13(20(2,22)23)8-14(10-15)21(24,25)26/h8-11,17H,4-7,12H2,1-3H3. The van der Waals surface area contributed by atoms with Gasteiger partial charge in [0.15, 0.2) is 0 Å². The predicted octanol–water partition coefficient (Wildman–Crippen LogP) is 4.27. The lowest BCUT2D eigenvalue weighted by molar-refractivity contribution is -0.144. The zero-order valence-electron chi connectivity index (χ0n) is 18.7. The Balaban J connectivity index is 2.01. The Labute approximate surface area is 193 Å². The summed E-state index contributed by atoms with van der Waals surface area (Å²) in [5, 5.41) is 4.15. The summed E-state index contributed by atoms with van der Waals surface area (Å²) in [6.07, 6.45) is -2.25. The highest BCUT2D eigenvalue weighted by molar-refractivity contribution is 7.89. The van der Waals surface area contributed by atoms with Crippen LogP contribution in [0.25, 0.3) is 0 Å². The number of rotatable bonds is 7. The van der Waals surface area contributed by atoms with E-state index in [1.807, 2.05) is 0 Å². The van der Waals surface area contributed by atoms with Gasteiger partial charge in [-0.1, -0.05) is 0 Å². The van der Waals surface area contributed by atoms with Gasteiger partial charge in [-0.15, -0.1) is 0 Å². The Bertz CT molecular complexity index is 1140. The third-order valence-corrected chi connectivity index (χ3v) is 7.52. The number of aromatic nitrogens is 2. The SMILES string of the molecule is CCOC(=O)Cn1ncc2c1CCCC2N(C)S(=O)(=O)c1cc(C(C)(F)F)cc(C(F)(F)F)c1. The van der Waals surface area contributed by atoms with E-state index < -0.39 is 50.2 Å². The second-order valence-corrected chi connectivity index (χ2v) is 10.1. The number of halogens is 5. The molecule has 1 heterocycles. The topological polar surface area (TPSA) is 81.5 Å². The number of nitrogens with zero attached hydrogens (tertiary/aromatic N) is 3. The van der Waals surface area contributed by atoms with Crippen molar-refractivity contribution in [1.29, 1.82) is 0 Å². The van der Waals surface area contributed by atoms with Crippen LogP contribution in [0.2, 0.25) is 0 Å². The summed E-state index contributed by atoms with van der Waals surface area (Å²) in [5.74, 6) is -4.20. The van der Waals surface area contributed by atoms with Crippen LogP contribution < -0.4 is 0 Å². The molecule has 2 aromatic rings. The first-order valence-electron chi connectivity index (χ1n) is 10.4. The molecule has 0 spiro atoms. The summed E-state index contributed by atoms with van der Waals surface area (Å²) in [4.78, 5) is 11.0. The highest BCUT2D eigenvalue weighted by Gasteiger charge is 2.39. The number of esters is 1. The first-order chi connectivity index (χ1) is 15.7. The molecule has 0 saturated heterocycles. The van der Waals surface area contributed by atoms with Gasteiger partial charge in [0.25, 0.3) is 5.92 Å². The normalized spacial score (nSPS) is 17.0. The minimum atomic E-state index is -5.02. The van der Waals surface area contributed by atoms with Crippen LogP contribution in [0.3, 0.4) is 0 Å². The molecule has 0 bridgehead atoms. The molecule has 7 nitrogen and oxygen atoms in total. The fourth-order valence-corrected chi connectivity index (χ4v) is 5.38. The number of hydrogen-bond donors (Lipinski definition) is 0. The molecular weight excluding hydrogens is 485 g/mol. The average molecular weight is 509 g/mol. The minimum Gasteiger partial charge on any atom is -0.465 e. The molecule has 1 unspecified atom stereocenters. The molecule has 1 aliphatic carbocycles. The highest BCUT2D eigenvalue weighted by atomic mass is 32.2. The number of carbonyl (C=O) groups excluding carboxylic acids is 1. The van der Waals surface area contributed by atoms with Crippen molar-refractivity contribution in [2.45, 2.75) is 62.7 Å². The molecule has 188 valence electrons. The summed E-state index contributed by atoms with van der Waals surface area (Å²) in [6.45, 7) is 2.06. The Hall–Kier alpha value is -2.54. The third kappa shape index (κ3) is 5.24. The average Bonchev–Trinajstić information content (AvgIpc) is 3.14. The van der Waals surface area contributed by atoms with E-state index in [0.717, 1.165) is 4.31 Å². The number of fused-ring (bicyclic) bond motifs is 1. The summed E-state index contributed by atoms with van der Waals surface area (Å²) >= 11 is 0. The molecule has 1 atom stereocenters. The van der Waals surface area contributed by atoms with E-state index in [-0.39, 0.29) is 19.2 Å². The maximum Gasteiger partial charge on any atom is 0.416 e. The molecular formula is C21H24F5N3O4S. The third-order valence-electron chi connectivity index (χ3n) is 5.67. The van der Waals surface area contributed by atoms with Crippen LogP contribution in [-0.4, -0.2) is 42.1 Å². The van der Waals surface area contributed by atoms with E-state index in [1.165, 1.54) is 17.9 Å². The van der Waals surface area contributed by atoms with Gasteiger partial charge in [0.05, 0.1) is 29.3 Å². The zero-order valence-corrected chi connectivity index (χ0v) is 19.5. The van der Waals surface area contributed by atoms with Crippen LogP contribution in [-0.2, 0) is 44.6 Å². The maximum atomic E-state index is 13.9. The Morgan fingerprint density at radius 1 is 1.21 bits per heavy atom. The molecule has 13 heteroatoms. The lowest BCUT2D eigenvalue weighted by atomic mass is 9.93. The van der Waals surface area contributed by atoms with Crippen molar-refractivity contribution in [3.8, 4) is 0 Å². The predicted molar refractivity (Wildman–Crippen MR) is 110 cm³/mol. The molecule has 1 aromatic heterocycles. The molecule has 0 fully saturated rings. The second kappa shape index (κ2) is 9.25. The van der Waals surface area contributed by atoms with Crippen LogP contribution in [0.1, 0.15) is 55.1 Å². The zero-order chi connectivity index (χ0) is 25.5. The summed E-state index contributed by atoms with van der Waals surface area (Å²) < 4.78 is 102. The van der Waals surface area contributed by atoms with Crippen molar-refractivity contribution in [2.75, 3.05) is 13.7 Å².